The van der Waals surface area contributed by atoms with Crippen LogP contribution in [0.1, 0.15) is 58.2 Å². The van der Waals surface area contributed by atoms with Crippen LogP contribution in [0, 0.1) is 5.82 Å². The summed E-state index contributed by atoms with van der Waals surface area (Å²) in [6, 6.07) is 8.80. The van der Waals surface area contributed by atoms with Gasteiger partial charge in [-0.2, -0.15) is 13.2 Å². The molecule has 10 nitrogen and oxygen atoms in total. The summed E-state index contributed by atoms with van der Waals surface area (Å²) in [5.41, 5.74) is 2.47. The zero-order valence-corrected chi connectivity index (χ0v) is 25.9. The molecule has 3 rings (SSSR count). The van der Waals surface area contributed by atoms with Gasteiger partial charge in [-0.15, -0.1) is 0 Å². The minimum Gasteiger partial charge on any atom is -0.444 e. The highest BCUT2D eigenvalue weighted by atomic mass is 19.4. The average molecular weight is 636 g/mol. The molecular weight excluding hydrogens is 598 g/mol. The molecule has 14 heteroatoms. The number of carbonyl (C=O) groups is 3. The van der Waals surface area contributed by atoms with Gasteiger partial charge < -0.3 is 30.7 Å². The fraction of sp³-hybridized carbons (Fsp3) is 0.419. The number of halogens is 4. The van der Waals surface area contributed by atoms with Crippen LogP contribution in [0.25, 0.3) is 0 Å². The number of hydrogen-bond donors (Lipinski definition) is 3. The molecule has 2 aromatic rings. The van der Waals surface area contributed by atoms with Crippen molar-refractivity contribution in [1.82, 2.24) is 10.2 Å². The number of benzene rings is 2. The summed E-state index contributed by atoms with van der Waals surface area (Å²) in [4.78, 5) is 43.1. The summed E-state index contributed by atoms with van der Waals surface area (Å²) in [5.74, 6) is -1.93. The quantitative estimate of drug-likeness (QED) is 0.253. The lowest BCUT2D eigenvalue weighted by molar-refractivity contribution is -0.110. The van der Waals surface area contributed by atoms with E-state index in [1.54, 1.807) is 47.6 Å². The van der Waals surface area contributed by atoms with E-state index in [1.165, 1.54) is 35.2 Å². The number of carbonyl (C=O) groups excluding carboxylic acids is 3. The van der Waals surface area contributed by atoms with E-state index in [2.05, 4.69) is 15.6 Å². The zero-order chi connectivity index (χ0) is 33.7. The van der Waals surface area contributed by atoms with Gasteiger partial charge in [-0.1, -0.05) is 18.2 Å². The van der Waals surface area contributed by atoms with Crippen molar-refractivity contribution >= 4 is 35.2 Å². The number of rotatable bonds is 6. The monoisotopic (exact) mass is 635 g/mol. The third kappa shape index (κ3) is 10.5. The van der Waals surface area contributed by atoms with Gasteiger partial charge in [0.15, 0.2) is 0 Å². The van der Waals surface area contributed by atoms with Crippen molar-refractivity contribution < 1.29 is 41.4 Å². The number of amides is 3. The fourth-order valence-electron chi connectivity index (χ4n) is 4.12. The van der Waals surface area contributed by atoms with E-state index in [1.807, 2.05) is 0 Å². The van der Waals surface area contributed by atoms with Crippen LogP contribution in [-0.2, 0) is 33.8 Å². The van der Waals surface area contributed by atoms with Gasteiger partial charge in [-0.3, -0.25) is 4.79 Å². The van der Waals surface area contributed by atoms with E-state index in [0.717, 1.165) is 0 Å². The molecule has 3 amide bonds. The van der Waals surface area contributed by atoms with Crippen molar-refractivity contribution in [3.8, 4) is 0 Å². The molecule has 0 radical (unpaired) electrons. The number of anilines is 1. The van der Waals surface area contributed by atoms with Gasteiger partial charge in [0.05, 0.1) is 11.4 Å². The van der Waals surface area contributed by atoms with Gasteiger partial charge in [-0.05, 0) is 88.9 Å². The maximum absolute atomic E-state index is 15.5. The third-order valence-electron chi connectivity index (χ3n) is 6.08. The molecule has 244 valence electrons. The van der Waals surface area contributed by atoms with E-state index in [-0.39, 0.29) is 43.0 Å². The van der Waals surface area contributed by atoms with Crippen LogP contribution in [0.15, 0.2) is 53.2 Å². The second kappa shape index (κ2) is 13.6. The predicted octanol–water partition coefficient (Wildman–Crippen LogP) is 6.26. The van der Waals surface area contributed by atoms with Crippen molar-refractivity contribution in [1.29, 1.82) is 0 Å². The second-order valence-electron chi connectivity index (χ2n) is 12.3. The molecule has 0 saturated heterocycles. The first-order valence-corrected chi connectivity index (χ1v) is 14.0. The van der Waals surface area contributed by atoms with Crippen LogP contribution >= 0.6 is 0 Å². The van der Waals surface area contributed by atoms with E-state index in [9.17, 15) is 27.6 Å². The summed E-state index contributed by atoms with van der Waals surface area (Å²) < 4.78 is 66.0. The molecular formula is C31H37F4N5O5. The predicted molar refractivity (Wildman–Crippen MR) is 160 cm³/mol. The summed E-state index contributed by atoms with van der Waals surface area (Å²) in [6.07, 6.45) is -5.71. The number of nitrogens with one attached hydrogen (secondary N) is 2. The lowest BCUT2D eigenvalue weighted by Gasteiger charge is -2.31. The van der Waals surface area contributed by atoms with Crippen molar-refractivity contribution in [2.45, 2.75) is 78.4 Å². The van der Waals surface area contributed by atoms with Gasteiger partial charge in [0.1, 0.15) is 28.4 Å². The van der Waals surface area contributed by atoms with Gasteiger partial charge >= 0.3 is 18.4 Å². The molecule has 1 aliphatic heterocycles. The van der Waals surface area contributed by atoms with E-state index in [0.29, 0.717) is 17.2 Å². The number of hydrogen-bond acceptors (Lipinski definition) is 7. The van der Waals surface area contributed by atoms with Crippen LogP contribution < -0.4 is 16.4 Å². The number of fused-ring (bicyclic) bond motifs is 1. The Labute approximate surface area is 258 Å². The molecule has 45 heavy (non-hydrogen) atoms. The number of aliphatic imine (C=N–C) groups is 1. The number of alkyl halides is 3. The lowest BCUT2D eigenvalue weighted by atomic mass is 9.98. The van der Waals surface area contributed by atoms with E-state index >= 15 is 4.39 Å². The smallest absolute Gasteiger partial charge is 0.430 e. The van der Waals surface area contributed by atoms with Crippen LogP contribution in [0.2, 0.25) is 0 Å². The highest BCUT2D eigenvalue weighted by molar-refractivity contribution is 6.47. The van der Waals surface area contributed by atoms with Gasteiger partial charge in [0.25, 0.3) is 5.91 Å². The van der Waals surface area contributed by atoms with Crippen LogP contribution in [0.3, 0.4) is 0 Å². The maximum atomic E-state index is 15.5. The summed E-state index contributed by atoms with van der Waals surface area (Å²) in [5, 5.41) is 4.84. The van der Waals surface area contributed by atoms with Gasteiger partial charge in [0.2, 0.25) is 0 Å². The first-order valence-electron chi connectivity index (χ1n) is 14.0. The summed E-state index contributed by atoms with van der Waals surface area (Å²) >= 11 is 0. The van der Waals surface area contributed by atoms with Crippen LogP contribution in [0.5, 0.6) is 0 Å². The standard InChI is InChI=1S/C31H37F4N5O5/c1-29(2,3)44-27(42)37-16-18-8-7-9-20(14-18)38-23(15-24(36)31(33,34)35)26(41)39-22-11-10-19-17-40(13-12-21(19)25(22)32)28(43)45-30(4,5)6/h7-11,14-15H,12-13,16-17,36H2,1-6H3,(H,37,42)(H,39,41). The SMILES string of the molecule is CC(C)(C)OC(=O)NCc1cccc(N=C(C=C(N)C(F)(F)F)C(=O)Nc2ccc3c(c2F)CCN(C(=O)OC(C)(C)C)C3)c1. The fourth-order valence-corrected chi connectivity index (χ4v) is 4.12. The lowest BCUT2D eigenvalue weighted by Crippen LogP contribution is -2.40. The Kier molecular flexibility index (Phi) is 10.5. The topological polar surface area (TPSA) is 135 Å². The van der Waals surface area contributed by atoms with E-state index < -0.39 is 52.7 Å². The Morgan fingerprint density at radius 2 is 1.69 bits per heavy atom. The van der Waals surface area contributed by atoms with Crippen molar-refractivity contribution in [2.75, 3.05) is 11.9 Å². The Morgan fingerprint density at radius 1 is 1.02 bits per heavy atom. The average Bonchev–Trinajstić information content (AvgIpc) is 2.90. The zero-order valence-electron chi connectivity index (χ0n) is 25.9. The molecule has 0 aliphatic carbocycles. The molecule has 1 aliphatic rings. The minimum absolute atomic E-state index is 0.00598. The molecule has 0 fully saturated rings. The second-order valence-corrected chi connectivity index (χ2v) is 12.3. The maximum Gasteiger partial charge on any atom is 0.430 e. The molecule has 1 heterocycles. The largest absolute Gasteiger partial charge is 0.444 e. The van der Waals surface area contributed by atoms with Crippen molar-refractivity contribution in [2.24, 2.45) is 10.7 Å². The molecule has 2 aromatic carbocycles. The Hall–Kier alpha value is -4.62. The van der Waals surface area contributed by atoms with Crippen LogP contribution in [0.4, 0.5) is 38.5 Å². The van der Waals surface area contributed by atoms with Crippen molar-refractivity contribution in [3.63, 3.8) is 0 Å². The number of alkyl carbamates (subject to hydrolysis) is 1. The molecule has 0 aromatic heterocycles. The highest BCUT2D eigenvalue weighted by Crippen LogP contribution is 2.29. The molecule has 0 saturated carbocycles. The Balaban J connectivity index is 1.85. The number of allylic oxidation sites excluding steroid dienone is 1. The normalized spacial score (nSPS) is 14.4. The number of nitrogens with zero attached hydrogens (tertiary/aromatic N) is 2. The number of ether oxygens (including phenoxy) is 2. The molecule has 4 N–H and O–H groups in total. The first kappa shape index (κ1) is 34.9. The van der Waals surface area contributed by atoms with Gasteiger partial charge in [-0.25, -0.2) is 19.0 Å². The summed E-state index contributed by atoms with van der Waals surface area (Å²) in [7, 11) is 0. The molecule has 0 spiro atoms. The highest BCUT2D eigenvalue weighted by Gasteiger charge is 2.33. The first-order chi connectivity index (χ1) is 20.7. The van der Waals surface area contributed by atoms with Crippen molar-refractivity contribution in [3.05, 3.63) is 70.7 Å². The molecule has 0 bridgehead atoms. The minimum atomic E-state index is -4.96. The Morgan fingerprint density at radius 3 is 2.31 bits per heavy atom. The third-order valence-corrected chi connectivity index (χ3v) is 6.08. The van der Waals surface area contributed by atoms with Crippen LogP contribution in [-0.4, -0.2) is 52.6 Å². The molecule has 0 atom stereocenters. The van der Waals surface area contributed by atoms with E-state index in [4.69, 9.17) is 15.2 Å². The van der Waals surface area contributed by atoms with Gasteiger partial charge in [0, 0.05) is 19.6 Å². The number of nitrogens with two attached hydrogens (primary N) is 1. The molecule has 0 unspecified atom stereocenters. The Bertz CT molecular complexity index is 1510. The summed E-state index contributed by atoms with van der Waals surface area (Å²) in [6.45, 7) is 10.5.